The lowest BCUT2D eigenvalue weighted by molar-refractivity contribution is -0.196. The molecule has 2 rings (SSSR count). The van der Waals surface area contributed by atoms with Crippen LogP contribution in [0, 0.1) is 0 Å². The summed E-state index contributed by atoms with van der Waals surface area (Å²) in [7, 11) is -4.39. The lowest BCUT2D eigenvalue weighted by Gasteiger charge is -2.21. The van der Waals surface area contributed by atoms with E-state index >= 15 is 0 Å². The van der Waals surface area contributed by atoms with Crippen molar-refractivity contribution >= 4 is 33.3 Å². The molecule has 0 radical (unpaired) electrons. The van der Waals surface area contributed by atoms with Gasteiger partial charge in [0.1, 0.15) is 0 Å². The van der Waals surface area contributed by atoms with E-state index in [1.165, 1.54) is 24.7 Å². The number of hydrogen-bond acceptors (Lipinski definition) is 5. The molecule has 11 heteroatoms. The maximum absolute atomic E-state index is 13.2. The molecule has 0 saturated heterocycles. The van der Waals surface area contributed by atoms with E-state index in [2.05, 4.69) is 14.2 Å². The third-order valence-corrected chi connectivity index (χ3v) is 4.24. The Morgan fingerprint density at radius 3 is 2.33 bits per heavy atom. The van der Waals surface area contributed by atoms with Gasteiger partial charge in [0.25, 0.3) is 10.1 Å². The third kappa shape index (κ3) is 4.35. The van der Waals surface area contributed by atoms with Gasteiger partial charge in [-0.05, 0) is 0 Å². The van der Waals surface area contributed by atoms with Crippen molar-refractivity contribution in [2.45, 2.75) is 12.3 Å². The lowest BCUT2D eigenvalue weighted by atomic mass is 10.0. The fraction of sp³-hybridized carbons (Fsp3) is 0.231. The monoisotopic (exact) mass is 400 g/mol. The molecule has 0 amide bonds. The Morgan fingerprint density at radius 2 is 1.83 bits per heavy atom. The van der Waals surface area contributed by atoms with Gasteiger partial charge < -0.3 is 0 Å². The Hall–Kier alpha value is -1.42. The maximum Gasteiger partial charge on any atom is 0.420 e. The van der Waals surface area contributed by atoms with E-state index in [4.69, 9.17) is 23.2 Å². The number of rotatable bonds is 4. The Labute approximate surface area is 145 Å². The summed E-state index contributed by atoms with van der Waals surface area (Å²) < 4.78 is 65.9. The quantitative estimate of drug-likeness (QED) is 0.724. The Bertz CT molecular complexity index is 846. The van der Waals surface area contributed by atoms with Crippen molar-refractivity contribution in [3.8, 4) is 11.3 Å². The van der Waals surface area contributed by atoms with Crippen molar-refractivity contribution in [3.05, 3.63) is 46.3 Å². The van der Waals surface area contributed by atoms with Gasteiger partial charge in [0, 0.05) is 23.5 Å². The molecule has 0 aliphatic carbocycles. The molecule has 1 aromatic heterocycles. The van der Waals surface area contributed by atoms with E-state index in [-0.39, 0.29) is 10.6 Å². The van der Waals surface area contributed by atoms with Gasteiger partial charge in [-0.25, -0.2) is 0 Å². The number of aromatic nitrogens is 2. The van der Waals surface area contributed by atoms with Crippen LogP contribution in [0.5, 0.6) is 0 Å². The Balaban J connectivity index is 2.56. The molecule has 130 valence electrons. The first-order valence-electron chi connectivity index (χ1n) is 6.20. The number of alkyl halides is 3. The highest BCUT2D eigenvalue weighted by Crippen LogP contribution is 2.44. The molecule has 1 heterocycles. The van der Waals surface area contributed by atoms with Gasteiger partial charge in [-0.2, -0.15) is 21.6 Å². The predicted molar refractivity (Wildman–Crippen MR) is 82.2 cm³/mol. The third-order valence-electron chi connectivity index (χ3n) is 2.80. The first kappa shape index (κ1) is 18.9. The van der Waals surface area contributed by atoms with Crippen molar-refractivity contribution in [2.75, 3.05) is 6.26 Å². The van der Waals surface area contributed by atoms with E-state index in [0.717, 1.165) is 6.07 Å². The molecule has 2 aromatic rings. The van der Waals surface area contributed by atoms with E-state index in [9.17, 15) is 21.6 Å². The van der Waals surface area contributed by atoms with Gasteiger partial charge in [0.2, 0.25) is 0 Å². The minimum Gasteiger partial charge on any atom is -0.261 e. The minimum absolute atomic E-state index is 0.221. The summed E-state index contributed by atoms with van der Waals surface area (Å²) in [6.07, 6.45) is -3.13. The highest BCUT2D eigenvalue weighted by Gasteiger charge is 2.45. The molecule has 1 aromatic carbocycles. The summed E-state index contributed by atoms with van der Waals surface area (Å²) in [4.78, 5) is 7.81. The van der Waals surface area contributed by atoms with Gasteiger partial charge in [-0.3, -0.25) is 14.2 Å². The summed E-state index contributed by atoms with van der Waals surface area (Å²) >= 11 is 11.9. The maximum atomic E-state index is 13.2. The van der Waals surface area contributed by atoms with Gasteiger partial charge in [-0.15, -0.1) is 0 Å². The van der Waals surface area contributed by atoms with E-state index in [0.29, 0.717) is 11.9 Å². The molecule has 0 saturated carbocycles. The largest absolute Gasteiger partial charge is 0.420 e. The molecular weight excluding hydrogens is 392 g/mol. The molecule has 1 atom stereocenters. The molecule has 0 aliphatic heterocycles. The zero-order chi connectivity index (χ0) is 18.1. The van der Waals surface area contributed by atoms with Crippen LogP contribution < -0.4 is 0 Å². The van der Waals surface area contributed by atoms with Crippen LogP contribution in [0.4, 0.5) is 13.2 Å². The summed E-state index contributed by atoms with van der Waals surface area (Å²) in [5, 5.41) is -0.702. The molecule has 1 unspecified atom stereocenters. The predicted octanol–water partition coefficient (Wildman–Crippen LogP) is 4.03. The van der Waals surface area contributed by atoms with Crippen LogP contribution in [-0.2, 0) is 14.3 Å². The SMILES string of the molecule is CS(=O)(=O)OC(c1ccc(-c2cnccn2)c(Cl)c1Cl)C(F)(F)F. The fourth-order valence-corrected chi connectivity index (χ4v) is 2.96. The highest BCUT2D eigenvalue weighted by molar-refractivity contribution is 7.86. The van der Waals surface area contributed by atoms with Gasteiger partial charge in [0.15, 0.2) is 6.10 Å². The van der Waals surface area contributed by atoms with Gasteiger partial charge >= 0.3 is 6.18 Å². The summed E-state index contributed by atoms with van der Waals surface area (Å²) in [6, 6.07) is 2.22. The van der Waals surface area contributed by atoms with Crippen LogP contribution in [-0.4, -0.2) is 30.8 Å². The summed E-state index contributed by atoms with van der Waals surface area (Å²) in [5.41, 5.74) is -0.0745. The van der Waals surface area contributed by atoms with Crippen molar-refractivity contribution in [1.29, 1.82) is 0 Å². The van der Waals surface area contributed by atoms with E-state index < -0.39 is 33.0 Å². The van der Waals surface area contributed by atoms with Gasteiger partial charge in [0.05, 0.1) is 28.2 Å². The Kier molecular flexibility index (Phi) is 5.38. The first-order chi connectivity index (χ1) is 11.0. The van der Waals surface area contributed by atoms with Crippen molar-refractivity contribution < 1.29 is 25.8 Å². The zero-order valence-corrected chi connectivity index (χ0v) is 14.2. The van der Waals surface area contributed by atoms with Crippen LogP contribution in [0.15, 0.2) is 30.7 Å². The molecular formula is C13H9Cl2F3N2O3S. The standard InChI is InChI=1S/C13H9Cl2F3N2O3S/c1-24(21,22)23-12(13(16,17)18)8-3-2-7(10(14)11(8)15)9-6-19-4-5-20-9/h2-6,12H,1H3. The number of halogens is 5. The molecule has 0 spiro atoms. The van der Waals surface area contributed by atoms with Crippen LogP contribution in [0.2, 0.25) is 10.0 Å². The highest BCUT2D eigenvalue weighted by atomic mass is 35.5. The van der Waals surface area contributed by atoms with Gasteiger partial charge in [-0.1, -0.05) is 35.3 Å². The smallest absolute Gasteiger partial charge is 0.261 e. The van der Waals surface area contributed by atoms with Crippen molar-refractivity contribution in [2.24, 2.45) is 0 Å². The second kappa shape index (κ2) is 6.83. The molecule has 0 bridgehead atoms. The number of benzene rings is 1. The summed E-state index contributed by atoms with van der Waals surface area (Å²) in [5.74, 6) is 0. The topological polar surface area (TPSA) is 69.2 Å². The summed E-state index contributed by atoms with van der Waals surface area (Å²) in [6.45, 7) is 0. The zero-order valence-electron chi connectivity index (χ0n) is 11.9. The van der Waals surface area contributed by atoms with Crippen molar-refractivity contribution in [3.63, 3.8) is 0 Å². The van der Waals surface area contributed by atoms with E-state index in [1.54, 1.807) is 0 Å². The average molecular weight is 401 g/mol. The van der Waals surface area contributed by atoms with Crippen LogP contribution in [0.25, 0.3) is 11.3 Å². The van der Waals surface area contributed by atoms with Crippen LogP contribution in [0.3, 0.4) is 0 Å². The van der Waals surface area contributed by atoms with E-state index in [1.807, 2.05) is 0 Å². The molecule has 0 fully saturated rings. The molecule has 24 heavy (non-hydrogen) atoms. The van der Waals surface area contributed by atoms with Crippen LogP contribution >= 0.6 is 23.2 Å². The fourth-order valence-electron chi connectivity index (χ4n) is 1.86. The lowest BCUT2D eigenvalue weighted by Crippen LogP contribution is -2.26. The van der Waals surface area contributed by atoms with Crippen molar-refractivity contribution in [1.82, 2.24) is 9.97 Å². The second-order valence-electron chi connectivity index (χ2n) is 4.64. The average Bonchev–Trinajstić information content (AvgIpc) is 2.47. The molecule has 5 nitrogen and oxygen atoms in total. The number of hydrogen-bond donors (Lipinski definition) is 0. The van der Waals surface area contributed by atoms with Crippen LogP contribution in [0.1, 0.15) is 11.7 Å². The molecule has 0 N–H and O–H groups in total. The Morgan fingerprint density at radius 1 is 1.17 bits per heavy atom. The minimum atomic E-state index is -5.01. The second-order valence-corrected chi connectivity index (χ2v) is 7.00. The normalized spacial score (nSPS) is 13.8. The molecule has 0 aliphatic rings. The number of nitrogens with zero attached hydrogens (tertiary/aromatic N) is 2. The first-order valence-corrected chi connectivity index (χ1v) is 8.77.